The monoisotopic (exact) mass is 260 g/mol. The zero-order valence-corrected chi connectivity index (χ0v) is 10.6. The number of carbonyl (C=O) groups is 1. The van der Waals surface area contributed by atoms with Gasteiger partial charge in [0.25, 0.3) is 0 Å². The second kappa shape index (κ2) is 6.68. The van der Waals surface area contributed by atoms with Gasteiger partial charge in [0.05, 0.1) is 25.6 Å². The van der Waals surface area contributed by atoms with Crippen LogP contribution in [0.25, 0.3) is 0 Å². The molecule has 0 bridgehead atoms. The van der Waals surface area contributed by atoms with E-state index in [4.69, 9.17) is 14.6 Å². The van der Waals surface area contributed by atoms with Crippen molar-refractivity contribution >= 4 is 17.7 Å². The van der Waals surface area contributed by atoms with E-state index < -0.39 is 12.1 Å². The quantitative estimate of drug-likeness (QED) is 0.742. The Morgan fingerprint density at radius 1 is 1.65 bits per heavy atom. The third-order valence-electron chi connectivity index (χ3n) is 2.10. The third kappa shape index (κ3) is 4.07. The van der Waals surface area contributed by atoms with Gasteiger partial charge in [-0.2, -0.15) is 11.8 Å². The summed E-state index contributed by atoms with van der Waals surface area (Å²) < 4.78 is 9.92. The van der Waals surface area contributed by atoms with E-state index in [1.54, 1.807) is 13.0 Å². The van der Waals surface area contributed by atoms with Crippen LogP contribution in [0.4, 0.5) is 0 Å². The third-order valence-corrected chi connectivity index (χ3v) is 3.21. The number of aryl methyl sites for hydroxylation is 1. The van der Waals surface area contributed by atoms with Crippen molar-refractivity contribution in [1.82, 2.24) is 0 Å². The van der Waals surface area contributed by atoms with Crippen LogP contribution in [0.1, 0.15) is 21.9 Å². The van der Waals surface area contributed by atoms with Gasteiger partial charge in [-0.15, -0.1) is 0 Å². The average molecular weight is 260 g/mol. The van der Waals surface area contributed by atoms with Crippen molar-refractivity contribution in [3.05, 3.63) is 23.2 Å². The first-order chi connectivity index (χ1) is 8.08. The number of hydrogen-bond acceptors (Lipinski definition) is 6. The van der Waals surface area contributed by atoms with Crippen molar-refractivity contribution in [2.24, 2.45) is 0 Å². The molecule has 96 valence electrons. The molecule has 0 saturated carbocycles. The lowest BCUT2D eigenvalue weighted by Crippen LogP contribution is -2.14. The van der Waals surface area contributed by atoms with Gasteiger partial charge in [-0.3, -0.25) is 0 Å². The average Bonchev–Trinajstić information content (AvgIpc) is 2.69. The van der Waals surface area contributed by atoms with E-state index in [0.29, 0.717) is 17.3 Å². The number of ether oxygens (including phenoxy) is 1. The van der Waals surface area contributed by atoms with Gasteiger partial charge >= 0.3 is 5.97 Å². The van der Waals surface area contributed by atoms with E-state index in [9.17, 15) is 4.79 Å². The van der Waals surface area contributed by atoms with Crippen LogP contribution in [0.2, 0.25) is 0 Å². The first-order valence-electron chi connectivity index (χ1n) is 5.12. The highest BCUT2D eigenvalue weighted by Gasteiger charge is 2.16. The van der Waals surface area contributed by atoms with Gasteiger partial charge < -0.3 is 19.4 Å². The summed E-state index contributed by atoms with van der Waals surface area (Å²) in [6.45, 7) is 1.52. The molecular weight excluding hydrogens is 244 g/mol. The van der Waals surface area contributed by atoms with Gasteiger partial charge in [0.15, 0.2) is 0 Å². The Labute approximate surface area is 104 Å². The maximum Gasteiger partial charge on any atom is 0.374 e. The Balaban J connectivity index is 2.53. The number of thioether (sulfide) groups is 1. The summed E-state index contributed by atoms with van der Waals surface area (Å²) in [7, 11) is 1.30. The molecule has 0 aliphatic rings. The fourth-order valence-corrected chi connectivity index (χ4v) is 2.10. The number of rotatable bonds is 6. The minimum Gasteiger partial charge on any atom is -0.463 e. The summed E-state index contributed by atoms with van der Waals surface area (Å²) in [5, 5.41) is 17.8. The van der Waals surface area contributed by atoms with Crippen LogP contribution < -0.4 is 0 Å². The predicted octanol–water partition coefficient (Wildman–Crippen LogP) is 0.961. The van der Waals surface area contributed by atoms with Gasteiger partial charge in [-0.25, -0.2) is 4.79 Å². The molecule has 0 aliphatic heterocycles. The smallest absolute Gasteiger partial charge is 0.374 e. The zero-order valence-electron chi connectivity index (χ0n) is 9.80. The van der Waals surface area contributed by atoms with Crippen LogP contribution in [0, 0.1) is 6.92 Å². The summed E-state index contributed by atoms with van der Waals surface area (Å²) in [5.41, 5.74) is 0.732. The Bertz CT molecular complexity index is 374. The molecule has 1 rings (SSSR count). The van der Waals surface area contributed by atoms with Crippen molar-refractivity contribution in [2.75, 3.05) is 19.5 Å². The second-order valence-electron chi connectivity index (χ2n) is 3.57. The molecule has 0 fully saturated rings. The fraction of sp³-hybridized carbons (Fsp3) is 0.545. The molecule has 1 aromatic heterocycles. The predicted molar refractivity (Wildman–Crippen MR) is 64.0 cm³/mol. The molecule has 1 heterocycles. The number of aliphatic hydroxyl groups is 2. The lowest BCUT2D eigenvalue weighted by atomic mass is 10.3. The van der Waals surface area contributed by atoms with Crippen LogP contribution in [-0.4, -0.2) is 41.8 Å². The molecule has 0 aromatic carbocycles. The first kappa shape index (κ1) is 14.1. The maximum absolute atomic E-state index is 11.3. The van der Waals surface area contributed by atoms with Crippen LogP contribution in [0.5, 0.6) is 0 Å². The Kier molecular flexibility index (Phi) is 5.54. The van der Waals surface area contributed by atoms with Crippen molar-refractivity contribution in [3.8, 4) is 0 Å². The number of methoxy groups -OCH3 is 1. The van der Waals surface area contributed by atoms with Gasteiger partial charge in [-0.1, -0.05) is 0 Å². The van der Waals surface area contributed by atoms with E-state index >= 15 is 0 Å². The van der Waals surface area contributed by atoms with Gasteiger partial charge in [0.2, 0.25) is 5.76 Å². The summed E-state index contributed by atoms with van der Waals surface area (Å²) in [4.78, 5) is 11.3. The standard InChI is InChI=1S/C11H16O5S/c1-7-3-9(6-17-5-8(13)4-12)16-10(7)11(14)15-2/h3,8,12-13H,4-6H2,1-2H3. The van der Waals surface area contributed by atoms with Crippen molar-refractivity contribution < 1.29 is 24.2 Å². The molecule has 1 atom stereocenters. The summed E-state index contributed by atoms with van der Waals surface area (Å²) in [6, 6.07) is 1.77. The van der Waals surface area contributed by atoms with Crippen LogP contribution in [0.3, 0.4) is 0 Å². The molecule has 17 heavy (non-hydrogen) atoms. The molecule has 0 spiro atoms. The van der Waals surface area contributed by atoms with E-state index in [1.165, 1.54) is 18.9 Å². The molecular formula is C11H16O5S. The van der Waals surface area contributed by atoms with Gasteiger partial charge in [-0.05, 0) is 13.0 Å². The van der Waals surface area contributed by atoms with Crippen molar-refractivity contribution in [1.29, 1.82) is 0 Å². The van der Waals surface area contributed by atoms with E-state index in [1.807, 2.05) is 0 Å². The highest BCUT2D eigenvalue weighted by molar-refractivity contribution is 7.98. The number of carbonyl (C=O) groups excluding carboxylic acids is 1. The zero-order chi connectivity index (χ0) is 12.8. The summed E-state index contributed by atoms with van der Waals surface area (Å²) >= 11 is 1.42. The van der Waals surface area contributed by atoms with Crippen molar-refractivity contribution in [3.63, 3.8) is 0 Å². The number of aliphatic hydroxyl groups excluding tert-OH is 2. The minimum absolute atomic E-state index is 0.214. The lowest BCUT2D eigenvalue weighted by Gasteiger charge is -2.04. The van der Waals surface area contributed by atoms with E-state index in [2.05, 4.69) is 4.74 Å². The topological polar surface area (TPSA) is 79.9 Å². The molecule has 0 radical (unpaired) electrons. The first-order valence-corrected chi connectivity index (χ1v) is 6.28. The molecule has 1 unspecified atom stereocenters. The Morgan fingerprint density at radius 2 is 2.35 bits per heavy atom. The Hall–Kier alpha value is -0.980. The molecule has 5 nitrogen and oxygen atoms in total. The maximum atomic E-state index is 11.3. The molecule has 0 amide bonds. The SMILES string of the molecule is COC(=O)c1oc(CSCC(O)CO)cc1C. The highest BCUT2D eigenvalue weighted by Crippen LogP contribution is 2.20. The minimum atomic E-state index is -0.726. The van der Waals surface area contributed by atoms with Gasteiger partial charge in [0.1, 0.15) is 5.76 Å². The van der Waals surface area contributed by atoms with Crippen LogP contribution in [-0.2, 0) is 10.5 Å². The van der Waals surface area contributed by atoms with Gasteiger partial charge in [0, 0.05) is 11.3 Å². The molecule has 0 aliphatic carbocycles. The number of furan rings is 1. The van der Waals surface area contributed by atoms with Crippen LogP contribution in [0.15, 0.2) is 10.5 Å². The molecule has 0 saturated heterocycles. The van der Waals surface area contributed by atoms with Crippen LogP contribution >= 0.6 is 11.8 Å². The van der Waals surface area contributed by atoms with E-state index in [0.717, 1.165) is 5.56 Å². The number of esters is 1. The Morgan fingerprint density at radius 3 is 2.94 bits per heavy atom. The summed E-state index contributed by atoms with van der Waals surface area (Å²) in [6.07, 6.45) is -0.726. The summed E-state index contributed by atoms with van der Waals surface area (Å²) in [5.74, 6) is 1.33. The molecule has 1 aromatic rings. The highest BCUT2D eigenvalue weighted by atomic mass is 32.2. The molecule has 6 heteroatoms. The lowest BCUT2D eigenvalue weighted by molar-refractivity contribution is 0.0562. The largest absolute Gasteiger partial charge is 0.463 e. The normalized spacial score (nSPS) is 12.5. The number of hydrogen-bond donors (Lipinski definition) is 2. The molecule has 2 N–H and O–H groups in total. The van der Waals surface area contributed by atoms with Crippen molar-refractivity contribution in [2.45, 2.75) is 18.8 Å². The second-order valence-corrected chi connectivity index (χ2v) is 4.60. The van der Waals surface area contributed by atoms with E-state index in [-0.39, 0.29) is 12.4 Å². The fourth-order valence-electron chi connectivity index (χ4n) is 1.26.